The fraction of sp³-hybridized carbons (Fsp3) is 0.154. The van der Waals surface area contributed by atoms with Gasteiger partial charge in [-0.05, 0) is 12.1 Å². The van der Waals surface area contributed by atoms with Crippen molar-refractivity contribution in [2.24, 2.45) is 0 Å². The number of carbonyl (C=O) groups excluding carboxylic acids is 1. The lowest BCUT2D eigenvalue weighted by atomic mass is 10.2. The second kappa shape index (κ2) is 6.76. The number of aromatic nitrogens is 2. The maximum absolute atomic E-state index is 12.0. The van der Waals surface area contributed by atoms with Crippen LogP contribution in [0.4, 0.5) is 0 Å². The fourth-order valence-electron chi connectivity index (χ4n) is 1.61. The number of thiazole rings is 1. The summed E-state index contributed by atoms with van der Waals surface area (Å²) in [5.74, 6) is -3.46. The Bertz CT molecular complexity index is 701. The molecule has 2 aromatic heterocycles. The molecule has 2 rings (SSSR count). The van der Waals surface area contributed by atoms with E-state index in [9.17, 15) is 14.4 Å². The number of rotatable bonds is 6. The van der Waals surface area contributed by atoms with E-state index in [4.69, 9.17) is 10.2 Å². The smallest absolute Gasteiger partial charge is 0.326 e. The second-order valence-corrected chi connectivity index (χ2v) is 5.09. The summed E-state index contributed by atoms with van der Waals surface area (Å²) in [4.78, 5) is 41.4. The van der Waals surface area contributed by atoms with Crippen LogP contribution in [0.5, 0.6) is 0 Å². The Morgan fingerprint density at radius 2 is 1.91 bits per heavy atom. The topological polar surface area (TPSA) is 129 Å². The van der Waals surface area contributed by atoms with Crippen molar-refractivity contribution in [3.63, 3.8) is 0 Å². The maximum atomic E-state index is 12.0. The fourth-order valence-corrected chi connectivity index (χ4v) is 2.42. The molecule has 0 aliphatic carbocycles. The van der Waals surface area contributed by atoms with Crippen molar-refractivity contribution in [2.75, 3.05) is 0 Å². The number of hydrogen-bond acceptors (Lipinski definition) is 6. The summed E-state index contributed by atoms with van der Waals surface area (Å²) in [5.41, 5.74) is 0.813. The van der Waals surface area contributed by atoms with E-state index in [0.717, 1.165) is 5.56 Å². The van der Waals surface area contributed by atoms with Crippen molar-refractivity contribution in [3.05, 3.63) is 35.6 Å². The molecule has 1 unspecified atom stereocenters. The van der Waals surface area contributed by atoms with Crippen LogP contribution >= 0.6 is 11.3 Å². The van der Waals surface area contributed by atoms with Crippen LogP contribution in [0.25, 0.3) is 10.6 Å². The number of carboxylic acids is 2. The van der Waals surface area contributed by atoms with Crippen molar-refractivity contribution in [1.82, 2.24) is 15.3 Å². The summed E-state index contributed by atoms with van der Waals surface area (Å²) in [5, 5.41) is 21.7. The van der Waals surface area contributed by atoms with Gasteiger partial charge in [0.15, 0.2) is 0 Å². The quantitative estimate of drug-likeness (QED) is 0.719. The molecule has 2 heterocycles. The lowest BCUT2D eigenvalue weighted by Crippen LogP contribution is -2.42. The average Bonchev–Trinajstić information content (AvgIpc) is 2.96. The van der Waals surface area contributed by atoms with Crippen LogP contribution < -0.4 is 5.32 Å². The molecular formula is C13H11N3O5S. The Kier molecular flexibility index (Phi) is 4.79. The predicted octanol–water partition coefficient (Wildman–Crippen LogP) is 0.863. The zero-order valence-electron chi connectivity index (χ0n) is 11.1. The van der Waals surface area contributed by atoms with Crippen molar-refractivity contribution >= 4 is 29.2 Å². The van der Waals surface area contributed by atoms with E-state index in [2.05, 4.69) is 15.3 Å². The number of nitrogens with zero attached hydrogens (tertiary/aromatic N) is 2. The highest BCUT2D eigenvalue weighted by Crippen LogP contribution is 2.22. The molecule has 0 aliphatic heterocycles. The number of amides is 1. The molecular weight excluding hydrogens is 310 g/mol. The lowest BCUT2D eigenvalue weighted by Gasteiger charge is -2.10. The molecule has 0 aromatic carbocycles. The zero-order chi connectivity index (χ0) is 16.1. The van der Waals surface area contributed by atoms with Gasteiger partial charge in [0.05, 0.1) is 6.42 Å². The third kappa shape index (κ3) is 3.85. The van der Waals surface area contributed by atoms with Gasteiger partial charge in [-0.2, -0.15) is 0 Å². The van der Waals surface area contributed by atoms with E-state index in [1.165, 1.54) is 16.7 Å². The molecule has 22 heavy (non-hydrogen) atoms. The minimum Gasteiger partial charge on any atom is -0.481 e. The molecule has 0 spiro atoms. The molecule has 8 nitrogen and oxygen atoms in total. The van der Waals surface area contributed by atoms with E-state index in [1.54, 1.807) is 24.5 Å². The minimum absolute atomic E-state index is 0.0356. The van der Waals surface area contributed by atoms with Gasteiger partial charge >= 0.3 is 11.9 Å². The molecule has 2 aromatic rings. The number of carboxylic acid groups (broad SMARTS) is 2. The molecule has 0 aliphatic rings. The Morgan fingerprint density at radius 3 is 2.50 bits per heavy atom. The van der Waals surface area contributed by atoms with Gasteiger partial charge in [-0.15, -0.1) is 11.3 Å². The normalized spacial score (nSPS) is 11.6. The van der Waals surface area contributed by atoms with Gasteiger partial charge in [-0.3, -0.25) is 14.6 Å². The first kappa shape index (κ1) is 15.6. The zero-order valence-corrected chi connectivity index (χ0v) is 11.9. The summed E-state index contributed by atoms with van der Waals surface area (Å²) < 4.78 is 0. The number of nitrogens with one attached hydrogen (secondary N) is 1. The molecule has 0 saturated carbocycles. The first-order chi connectivity index (χ1) is 10.5. The van der Waals surface area contributed by atoms with Crippen LogP contribution in [0.1, 0.15) is 16.9 Å². The largest absolute Gasteiger partial charge is 0.481 e. The molecule has 114 valence electrons. The van der Waals surface area contributed by atoms with Gasteiger partial charge in [-0.1, -0.05) is 0 Å². The van der Waals surface area contributed by atoms with E-state index < -0.39 is 30.3 Å². The van der Waals surface area contributed by atoms with Gasteiger partial charge in [0.25, 0.3) is 5.91 Å². The molecule has 0 bridgehead atoms. The second-order valence-electron chi connectivity index (χ2n) is 4.24. The standard InChI is InChI=1S/C13H11N3O5S/c17-10(18)5-8(13(20)21)15-11(19)9-6-22-12(16-9)7-1-3-14-4-2-7/h1-4,6,8H,5H2,(H,15,19)(H,17,18)(H,20,21). The maximum Gasteiger partial charge on any atom is 0.326 e. The minimum atomic E-state index is -1.50. The predicted molar refractivity (Wildman–Crippen MR) is 76.5 cm³/mol. The van der Waals surface area contributed by atoms with Crippen LogP contribution in [0.2, 0.25) is 0 Å². The number of aliphatic carboxylic acids is 2. The lowest BCUT2D eigenvalue weighted by molar-refractivity contribution is -0.145. The van der Waals surface area contributed by atoms with Gasteiger partial charge in [-0.25, -0.2) is 9.78 Å². The highest BCUT2D eigenvalue weighted by molar-refractivity contribution is 7.13. The summed E-state index contributed by atoms with van der Waals surface area (Å²) in [6.07, 6.45) is 2.47. The van der Waals surface area contributed by atoms with Crippen LogP contribution in [-0.4, -0.2) is 44.1 Å². The number of hydrogen-bond donors (Lipinski definition) is 3. The third-order valence-electron chi connectivity index (χ3n) is 2.65. The first-order valence-corrected chi connectivity index (χ1v) is 6.96. The van der Waals surface area contributed by atoms with E-state index in [-0.39, 0.29) is 5.69 Å². The first-order valence-electron chi connectivity index (χ1n) is 6.08. The Hall–Kier alpha value is -2.81. The van der Waals surface area contributed by atoms with Crippen LogP contribution in [0, 0.1) is 0 Å². The molecule has 9 heteroatoms. The monoisotopic (exact) mass is 321 g/mol. The van der Waals surface area contributed by atoms with Crippen LogP contribution in [0.15, 0.2) is 29.9 Å². The number of pyridine rings is 1. The van der Waals surface area contributed by atoms with Crippen LogP contribution in [0.3, 0.4) is 0 Å². The van der Waals surface area contributed by atoms with Gasteiger partial charge in [0, 0.05) is 23.3 Å². The molecule has 0 radical (unpaired) electrons. The van der Waals surface area contributed by atoms with Crippen molar-refractivity contribution in [1.29, 1.82) is 0 Å². The van der Waals surface area contributed by atoms with Crippen LogP contribution in [-0.2, 0) is 9.59 Å². The summed E-state index contributed by atoms with van der Waals surface area (Å²) in [6.45, 7) is 0. The third-order valence-corrected chi connectivity index (χ3v) is 3.54. The Balaban J connectivity index is 2.11. The Morgan fingerprint density at radius 1 is 1.23 bits per heavy atom. The highest BCUT2D eigenvalue weighted by Gasteiger charge is 2.24. The van der Waals surface area contributed by atoms with E-state index >= 15 is 0 Å². The van der Waals surface area contributed by atoms with E-state index in [0.29, 0.717) is 5.01 Å². The molecule has 0 fully saturated rings. The van der Waals surface area contributed by atoms with Gasteiger partial charge in [0.2, 0.25) is 0 Å². The summed E-state index contributed by atoms with van der Waals surface area (Å²) in [7, 11) is 0. The summed E-state index contributed by atoms with van der Waals surface area (Å²) >= 11 is 1.22. The van der Waals surface area contributed by atoms with E-state index in [1.807, 2.05) is 0 Å². The van der Waals surface area contributed by atoms with Crippen molar-refractivity contribution in [3.8, 4) is 10.6 Å². The highest BCUT2D eigenvalue weighted by atomic mass is 32.1. The SMILES string of the molecule is O=C(O)CC(NC(=O)c1csc(-c2ccncc2)n1)C(=O)O. The van der Waals surface area contributed by atoms with Crippen molar-refractivity contribution < 1.29 is 24.6 Å². The molecule has 1 amide bonds. The molecule has 3 N–H and O–H groups in total. The van der Waals surface area contributed by atoms with Crippen molar-refractivity contribution in [2.45, 2.75) is 12.5 Å². The average molecular weight is 321 g/mol. The molecule has 0 saturated heterocycles. The van der Waals surface area contributed by atoms with Gasteiger partial charge < -0.3 is 15.5 Å². The number of carbonyl (C=O) groups is 3. The molecule has 1 atom stereocenters. The van der Waals surface area contributed by atoms with Gasteiger partial charge in [0.1, 0.15) is 16.7 Å². The summed E-state index contributed by atoms with van der Waals surface area (Å²) in [6, 6.07) is 1.95. The Labute approximate surface area is 128 Å².